The number of nitrogens with one attached hydrogen (secondary N) is 1. The molecule has 2 N–H and O–H groups in total. The lowest BCUT2D eigenvalue weighted by molar-refractivity contribution is -0.143. The molecule has 0 aromatic carbocycles. The van der Waals surface area contributed by atoms with Crippen LogP contribution in [0.25, 0.3) is 0 Å². The van der Waals surface area contributed by atoms with E-state index in [9.17, 15) is 4.79 Å². The molecule has 0 saturated heterocycles. The Labute approximate surface area is 84.6 Å². The zero-order valence-electron chi connectivity index (χ0n) is 8.82. The minimum Gasteiger partial charge on any atom is -0.468 e. The molecule has 0 aromatic rings. The molecule has 2 atom stereocenters. The van der Waals surface area contributed by atoms with Crippen molar-refractivity contribution in [1.29, 1.82) is 0 Å². The van der Waals surface area contributed by atoms with Crippen LogP contribution in [0.5, 0.6) is 0 Å². The Morgan fingerprint density at radius 2 is 2.29 bits per heavy atom. The summed E-state index contributed by atoms with van der Waals surface area (Å²) in [5.41, 5.74) is 0. The molecule has 1 aliphatic rings. The van der Waals surface area contributed by atoms with Crippen molar-refractivity contribution < 1.29 is 14.6 Å². The van der Waals surface area contributed by atoms with E-state index in [0.717, 1.165) is 12.8 Å². The van der Waals surface area contributed by atoms with Gasteiger partial charge in [-0.2, -0.15) is 0 Å². The minimum atomic E-state index is -0.319. The minimum absolute atomic E-state index is 0.168. The molecule has 4 heteroatoms. The van der Waals surface area contributed by atoms with Crippen LogP contribution in [0.1, 0.15) is 26.2 Å². The molecule has 0 spiro atoms. The molecule has 1 aliphatic carbocycles. The summed E-state index contributed by atoms with van der Waals surface area (Å²) in [6, 6.07) is -0.168. The number of carbonyl (C=O) groups excluding carboxylic acids is 1. The molecular weight excluding hydrogens is 182 g/mol. The molecule has 1 rings (SSSR count). The average molecular weight is 201 g/mol. The van der Waals surface area contributed by atoms with Gasteiger partial charge >= 0.3 is 5.97 Å². The Kier molecular flexibility index (Phi) is 4.35. The average Bonchev–Trinajstić information content (AvgIpc) is 2.94. The smallest absolute Gasteiger partial charge is 0.323 e. The summed E-state index contributed by atoms with van der Waals surface area (Å²) in [6.07, 6.45) is 2.54. The number of esters is 1. The van der Waals surface area contributed by atoms with Crippen molar-refractivity contribution in [2.24, 2.45) is 5.92 Å². The SMILES string of the molecule is COC(=O)C(NCCC(C)O)C1CC1. The molecule has 2 unspecified atom stereocenters. The van der Waals surface area contributed by atoms with E-state index >= 15 is 0 Å². The van der Waals surface area contributed by atoms with Gasteiger partial charge in [-0.1, -0.05) is 0 Å². The van der Waals surface area contributed by atoms with E-state index in [1.807, 2.05) is 0 Å². The first-order chi connectivity index (χ1) is 6.65. The molecule has 0 aromatic heterocycles. The quantitative estimate of drug-likeness (QED) is 0.607. The highest BCUT2D eigenvalue weighted by Crippen LogP contribution is 2.33. The van der Waals surface area contributed by atoms with Crippen LogP contribution in [0.4, 0.5) is 0 Å². The van der Waals surface area contributed by atoms with Gasteiger partial charge in [-0.3, -0.25) is 4.79 Å². The largest absolute Gasteiger partial charge is 0.468 e. The first-order valence-electron chi connectivity index (χ1n) is 5.14. The van der Waals surface area contributed by atoms with Crippen LogP contribution in [0.3, 0.4) is 0 Å². The van der Waals surface area contributed by atoms with Crippen molar-refractivity contribution in [3.63, 3.8) is 0 Å². The van der Waals surface area contributed by atoms with Crippen LogP contribution in [-0.4, -0.2) is 36.9 Å². The second kappa shape index (κ2) is 5.32. The first-order valence-corrected chi connectivity index (χ1v) is 5.14. The molecule has 0 bridgehead atoms. The normalized spacial score (nSPS) is 20.2. The lowest BCUT2D eigenvalue weighted by Gasteiger charge is -2.16. The Morgan fingerprint density at radius 1 is 1.64 bits per heavy atom. The third kappa shape index (κ3) is 3.64. The standard InChI is InChI=1S/C10H19NO3/c1-7(12)5-6-11-9(8-3-4-8)10(13)14-2/h7-9,11-12H,3-6H2,1-2H3. The fourth-order valence-corrected chi connectivity index (χ4v) is 1.45. The molecule has 0 heterocycles. The molecule has 1 saturated carbocycles. The van der Waals surface area contributed by atoms with Crippen molar-refractivity contribution in [2.45, 2.75) is 38.3 Å². The predicted octanol–water partition coefficient (Wildman–Crippen LogP) is 0.298. The van der Waals surface area contributed by atoms with E-state index in [2.05, 4.69) is 5.32 Å². The van der Waals surface area contributed by atoms with Gasteiger partial charge in [-0.15, -0.1) is 0 Å². The second-order valence-corrected chi connectivity index (χ2v) is 3.93. The Balaban J connectivity index is 2.25. The van der Waals surface area contributed by atoms with Crippen LogP contribution in [0.15, 0.2) is 0 Å². The molecule has 82 valence electrons. The van der Waals surface area contributed by atoms with E-state index in [4.69, 9.17) is 9.84 Å². The summed E-state index contributed by atoms with van der Waals surface area (Å²) in [5, 5.41) is 12.2. The third-order valence-corrected chi connectivity index (χ3v) is 2.47. The van der Waals surface area contributed by atoms with Gasteiger partial charge in [0.15, 0.2) is 0 Å². The van der Waals surface area contributed by atoms with Gasteiger partial charge in [-0.05, 0) is 38.6 Å². The van der Waals surface area contributed by atoms with E-state index < -0.39 is 0 Å². The lowest BCUT2D eigenvalue weighted by Crippen LogP contribution is -2.40. The fourth-order valence-electron chi connectivity index (χ4n) is 1.45. The molecule has 0 aliphatic heterocycles. The summed E-state index contributed by atoms with van der Waals surface area (Å²) in [7, 11) is 1.41. The van der Waals surface area contributed by atoms with Crippen molar-refractivity contribution in [2.75, 3.05) is 13.7 Å². The molecular formula is C10H19NO3. The van der Waals surface area contributed by atoms with Crippen LogP contribution in [0, 0.1) is 5.92 Å². The zero-order chi connectivity index (χ0) is 10.6. The highest BCUT2D eigenvalue weighted by Gasteiger charge is 2.36. The number of hydrogen-bond acceptors (Lipinski definition) is 4. The van der Waals surface area contributed by atoms with Crippen LogP contribution >= 0.6 is 0 Å². The summed E-state index contributed by atoms with van der Waals surface area (Å²) >= 11 is 0. The monoisotopic (exact) mass is 201 g/mol. The number of carbonyl (C=O) groups is 1. The van der Waals surface area contributed by atoms with E-state index in [-0.39, 0.29) is 18.1 Å². The Bertz CT molecular complexity index is 190. The number of aliphatic hydroxyl groups excluding tert-OH is 1. The van der Waals surface area contributed by atoms with E-state index in [0.29, 0.717) is 18.9 Å². The molecule has 14 heavy (non-hydrogen) atoms. The lowest BCUT2D eigenvalue weighted by atomic mass is 10.2. The van der Waals surface area contributed by atoms with Gasteiger partial charge in [0.2, 0.25) is 0 Å². The molecule has 4 nitrogen and oxygen atoms in total. The zero-order valence-corrected chi connectivity index (χ0v) is 8.82. The summed E-state index contributed by atoms with van der Waals surface area (Å²) in [5.74, 6) is 0.259. The van der Waals surface area contributed by atoms with Crippen molar-refractivity contribution in [1.82, 2.24) is 5.32 Å². The van der Waals surface area contributed by atoms with E-state index in [1.165, 1.54) is 7.11 Å². The number of aliphatic hydroxyl groups is 1. The summed E-state index contributed by atoms with van der Waals surface area (Å²) < 4.78 is 4.71. The predicted molar refractivity (Wildman–Crippen MR) is 52.8 cm³/mol. The van der Waals surface area contributed by atoms with Crippen LogP contribution in [0.2, 0.25) is 0 Å². The number of rotatable bonds is 6. The maximum Gasteiger partial charge on any atom is 0.323 e. The number of methoxy groups -OCH3 is 1. The first kappa shape index (κ1) is 11.5. The molecule has 0 amide bonds. The maximum absolute atomic E-state index is 11.3. The van der Waals surface area contributed by atoms with Gasteiger partial charge in [0.25, 0.3) is 0 Å². The fraction of sp³-hybridized carbons (Fsp3) is 0.900. The second-order valence-electron chi connectivity index (χ2n) is 3.93. The number of ether oxygens (including phenoxy) is 1. The Morgan fingerprint density at radius 3 is 2.71 bits per heavy atom. The highest BCUT2D eigenvalue weighted by atomic mass is 16.5. The third-order valence-electron chi connectivity index (χ3n) is 2.47. The summed E-state index contributed by atoms with van der Waals surface area (Å²) in [6.45, 7) is 2.40. The van der Waals surface area contributed by atoms with Gasteiger partial charge in [0, 0.05) is 0 Å². The number of hydrogen-bond donors (Lipinski definition) is 2. The van der Waals surface area contributed by atoms with Crippen molar-refractivity contribution >= 4 is 5.97 Å². The van der Waals surface area contributed by atoms with Crippen LogP contribution in [-0.2, 0) is 9.53 Å². The highest BCUT2D eigenvalue weighted by molar-refractivity contribution is 5.76. The topological polar surface area (TPSA) is 58.6 Å². The molecule has 0 radical (unpaired) electrons. The Hall–Kier alpha value is -0.610. The van der Waals surface area contributed by atoms with Gasteiger partial charge in [-0.25, -0.2) is 0 Å². The summed E-state index contributed by atoms with van der Waals surface area (Å²) in [4.78, 5) is 11.3. The van der Waals surface area contributed by atoms with Crippen molar-refractivity contribution in [3.8, 4) is 0 Å². The maximum atomic E-state index is 11.3. The van der Waals surface area contributed by atoms with Crippen molar-refractivity contribution in [3.05, 3.63) is 0 Å². The van der Waals surface area contributed by atoms with Crippen LogP contribution < -0.4 is 5.32 Å². The van der Waals surface area contributed by atoms with Gasteiger partial charge < -0.3 is 15.2 Å². The molecule has 1 fully saturated rings. The van der Waals surface area contributed by atoms with Gasteiger partial charge in [0.1, 0.15) is 6.04 Å². The van der Waals surface area contributed by atoms with Gasteiger partial charge in [0.05, 0.1) is 13.2 Å². The van der Waals surface area contributed by atoms with E-state index in [1.54, 1.807) is 6.92 Å².